The first-order valence-corrected chi connectivity index (χ1v) is 6.68. The van der Waals surface area contributed by atoms with Gasteiger partial charge in [0.05, 0.1) is 32.2 Å². The molecule has 0 radical (unpaired) electrons. The van der Waals surface area contributed by atoms with Crippen LogP contribution in [0.15, 0.2) is 0 Å². The summed E-state index contributed by atoms with van der Waals surface area (Å²) >= 11 is 0. The van der Waals surface area contributed by atoms with E-state index in [0.717, 1.165) is 0 Å². The van der Waals surface area contributed by atoms with Crippen LogP contribution in [-0.4, -0.2) is 60.9 Å². The average molecular weight is 273 g/mol. The summed E-state index contributed by atoms with van der Waals surface area (Å²) in [4.78, 5) is 24.2. The van der Waals surface area contributed by atoms with Gasteiger partial charge in [0, 0.05) is 19.7 Å². The van der Waals surface area contributed by atoms with Gasteiger partial charge in [-0.25, -0.2) is 0 Å². The zero-order chi connectivity index (χ0) is 14.3. The van der Waals surface area contributed by atoms with Gasteiger partial charge in [0.15, 0.2) is 0 Å². The summed E-state index contributed by atoms with van der Waals surface area (Å²) in [5, 5.41) is 8.71. The van der Waals surface area contributed by atoms with Crippen molar-refractivity contribution in [2.75, 3.05) is 32.9 Å². The molecular formula is C13H23NO5. The number of aliphatic carboxylic acids is 1. The number of nitrogens with zero attached hydrogens (tertiary/aromatic N) is 1. The Hall–Kier alpha value is -1.14. The molecule has 1 fully saturated rings. The molecular weight excluding hydrogens is 250 g/mol. The molecule has 0 saturated carbocycles. The van der Waals surface area contributed by atoms with Gasteiger partial charge < -0.3 is 19.5 Å². The van der Waals surface area contributed by atoms with Crippen LogP contribution < -0.4 is 0 Å². The lowest BCUT2D eigenvalue weighted by Crippen LogP contribution is -2.46. The minimum absolute atomic E-state index is 0.00226. The quantitative estimate of drug-likeness (QED) is 0.693. The Morgan fingerprint density at radius 1 is 1.47 bits per heavy atom. The monoisotopic (exact) mass is 273 g/mol. The SMILES string of the molecule is CC(C)COCCC(=O)N1CCO[C@@H](CC(=O)O)C1. The molecule has 0 unspecified atom stereocenters. The van der Waals surface area contributed by atoms with Crippen LogP contribution in [0.3, 0.4) is 0 Å². The number of carboxylic acids is 1. The summed E-state index contributed by atoms with van der Waals surface area (Å²) in [6, 6.07) is 0. The maximum absolute atomic E-state index is 11.9. The number of hydrogen-bond acceptors (Lipinski definition) is 4. The van der Waals surface area contributed by atoms with Crippen molar-refractivity contribution in [3.63, 3.8) is 0 Å². The van der Waals surface area contributed by atoms with Crippen molar-refractivity contribution in [2.24, 2.45) is 5.92 Å². The third-order valence-electron chi connectivity index (χ3n) is 2.81. The Balaban J connectivity index is 2.25. The Bertz CT molecular complexity index is 305. The number of carbonyl (C=O) groups is 2. The molecule has 1 heterocycles. The van der Waals surface area contributed by atoms with E-state index in [1.54, 1.807) is 4.90 Å². The number of hydrogen-bond donors (Lipinski definition) is 1. The zero-order valence-electron chi connectivity index (χ0n) is 11.6. The summed E-state index contributed by atoms with van der Waals surface area (Å²) in [5.41, 5.74) is 0. The molecule has 0 bridgehead atoms. The van der Waals surface area contributed by atoms with E-state index in [1.165, 1.54) is 0 Å². The Labute approximate surface area is 113 Å². The molecule has 0 aromatic carbocycles. The topological polar surface area (TPSA) is 76.1 Å². The Morgan fingerprint density at radius 3 is 2.84 bits per heavy atom. The molecule has 1 aliphatic rings. The number of morpholine rings is 1. The smallest absolute Gasteiger partial charge is 0.306 e. The predicted molar refractivity (Wildman–Crippen MR) is 68.8 cm³/mol. The molecule has 0 spiro atoms. The molecule has 1 atom stereocenters. The number of rotatable bonds is 7. The molecule has 0 aromatic rings. The average Bonchev–Trinajstić information content (AvgIpc) is 2.33. The highest BCUT2D eigenvalue weighted by atomic mass is 16.5. The van der Waals surface area contributed by atoms with Crippen molar-refractivity contribution < 1.29 is 24.2 Å². The molecule has 1 aliphatic heterocycles. The fraction of sp³-hybridized carbons (Fsp3) is 0.846. The summed E-state index contributed by atoms with van der Waals surface area (Å²) in [6.07, 6.45) is -0.119. The lowest BCUT2D eigenvalue weighted by Gasteiger charge is -2.32. The van der Waals surface area contributed by atoms with Crippen molar-refractivity contribution in [2.45, 2.75) is 32.8 Å². The normalized spacial score (nSPS) is 19.7. The largest absolute Gasteiger partial charge is 0.481 e. The van der Waals surface area contributed by atoms with E-state index in [-0.39, 0.29) is 12.3 Å². The molecule has 1 rings (SSSR count). The number of amides is 1. The summed E-state index contributed by atoms with van der Waals surface area (Å²) in [7, 11) is 0. The minimum Gasteiger partial charge on any atom is -0.481 e. The second kappa shape index (κ2) is 8.12. The second-order valence-corrected chi connectivity index (χ2v) is 5.15. The highest BCUT2D eigenvalue weighted by molar-refractivity contribution is 5.76. The van der Waals surface area contributed by atoms with Crippen LogP contribution >= 0.6 is 0 Å². The summed E-state index contributed by atoms with van der Waals surface area (Å²) < 4.78 is 10.7. The van der Waals surface area contributed by atoms with Crippen LogP contribution in [0.1, 0.15) is 26.7 Å². The molecule has 0 aromatic heterocycles. The molecule has 1 amide bonds. The first-order valence-electron chi connectivity index (χ1n) is 6.68. The van der Waals surface area contributed by atoms with Gasteiger partial charge in [-0.15, -0.1) is 0 Å². The number of carboxylic acid groups (broad SMARTS) is 1. The molecule has 6 nitrogen and oxygen atoms in total. The highest BCUT2D eigenvalue weighted by Crippen LogP contribution is 2.10. The molecule has 6 heteroatoms. The van der Waals surface area contributed by atoms with Gasteiger partial charge in [0.2, 0.25) is 5.91 Å². The van der Waals surface area contributed by atoms with Crippen LogP contribution in [0.25, 0.3) is 0 Å². The maximum Gasteiger partial charge on any atom is 0.306 e. The van der Waals surface area contributed by atoms with E-state index in [4.69, 9.17) is 14.6 Å². The van der Waals surface area contributed by atoms with Crippen LogP contribution in [0, 0.1) is 5.92 Å². The molecule has 0 aliphatic carbocycles. The van der Waals surface area contributed by atoms with Gasteiger partial charge in [-0.1, -0.05) is 13.8 Å². The van der Waals surface area contributed by atoms with Crippen molar-refractivity contribution in [1.29, 1.82) is 0 Å². The summed E-state index contributed by atoms with van der Waals surface area (Å²) in [6.45, 7) is 6.46. The van der Waals surface area contributed by atoms with Gasteiger partial charge in [-0.2, -0.15) is 0 Å². The van der Waals surface area contributed by atoms with E-state index in [1.807, 2.05) is 0 Å². The highest BCUT2D eigenvalue weighted by Gasteiger charge is 2.25. The third-order valence-corrected chi connectivity index (χ3v) is 2.81. The van der Waals surface area contributed by atoms with E-state index in [2.05, 4.69) is 13.8 Å². The lowest BCUT2D eigenvalue weighted by molar-refractivity contribution is -0.148. The van der Waals surface area contributed by atoms with Crippen LogP contribution in [0.2, 0.25) is 0 Å². The lowest BCUT2D eigenvalue weighted by atomic mass is 10.2. The number of ether oxygens (including phenoxy) is 2. The fourth-order valence-electron chi connectivity index (χ4n) is 1.90. The van der Waals surface area contributed by atoms with E-state index < -0.39 is 12.1 Å². The second-order valence-electron chi connectivity index (χ2n) is 5.15. The first kappa shape index (κ1) is 15.9. The first-order chi connectivity index (χ1) is 8.99. The van der Waals surface area contributed by atoms with E-state index in [0.29, 0.717) is 45.2 Å². The molecule has 19 heavy (non-hydrogen) atoms. The van der Waals surface area contributed by atoms with E-state index in [9.17, 15) is 9.59 Å². The van der Waals surface area contributed by atoms with Gasteiger partial charge in [-0.3, -0.25) is 9.59 Å². The van der Waals surface area contributed by atoms with Crippen LogP contribution in [-0.2, 0) is 19.1 Å². The van der Waals surface area contributed by atoms with Gasteiger partial charge in [0.25, 0.3) is 0 Å². The maximum atomic E-state index is 11.9. The molecule has 1 saturated heterocycles. The standard InChI is InChI=1S/C13H23NO5/c1-10(2)9-18-5-3-12(15)14-4-6-19-11(8-14)7-13(16)17/h10-11H,3-9H2,1-2H3,(H,16,17)/t11-/m0/s1. The van der Waals surface area contributed by atoms with Crippen molar-refractivity contribution in [1.82, 2.24) is 4.90 Å². The Kier molecular flexibility index (Phi) is 6.80. The molecule has 1 N–H and O–H groups in total. The van der Waals surface area contributed by atoms with Crippen LogP contribution in [0.4, 0.5) is 0 Å². The predicted octanol–water partition coefficient (Wildman–Crippen LogP) is 0.751. The van der Waals surface area contributed by atoms with Gasteiger partial charge in [-0.05, 0) is 5.92 Å². The number of carbonyl (C=O) groups excluding carboxylic acids is 1. The van der Waals surface area contributed by atoms with E-state index >= 15 is 0 Å². The minimum atomic E-state index is -0.903. The Morgan fingerprint density at radius 2 is 2.21 bits per heavy atom. The van der Waals surface area contributed by atoms with Crippen molar-refractivity contribution >= 4 is 11.9 Å². The zero-order valence-corrected chi connectivity index (χ0v) is 11.6. The summed E-state index contributed by atoms with van der Waals surface area (Å²) in [5.74, 6) is -0.444. The van der Waals surface area contributed by atoms with Crippen LogP contribution in [0.5, 0.6) is 0 Å². The molecule has 110 valence electrons. The fourth-order valence-corrected chi connectivity index (χ4v) is 1.90. The van der Waals surface area contributed by atoms with Gasteiger partial charge in [0.1, 0.15) is 0 Å². The third kappa shape index (κ3) is 6.54. The van der Waals surface area contributed by atoms with Crippen molar-refractivity contribution in [3.8, 4) is 0 Å². The van der Waals surface area contributed by atoms with Gasteiger partial charge >= 0.3 is 5.97 Å². The van der Waals surface area contributed by atoms with Crippen molar-refractivity contribution in [3.05, 3.63) is 0 Å².